The molecule has 1 aromatic carbocycles. The second-order valence-corrected chi connectivity index (χ2v) is 8.61. The lowest BCUT2D eigenvalue weighted by atomic mass is 9.88. The zero-order valence-corrected chi connectivity index (χ0v) is 17.3. The van der Waals surface area contributed by atoms with E-state index in [0.29, 0.717) is 24.4 Å². The molecule has 1 aromatic heterocycles. The quantitative estimate of drug-likeness (QED) is 0.757. The topological polar surface area (TPSA) is 95.5 Å². The van der Waals surface area contributed by atoms with Crippen LogP contribution in [0.25, 0.3) is 0 Å². The van der Waals surface area contributed by atoms with Crippen molar-refractivity contribution >= 4 is 17.7 Å². The highest BCUT2D eigenvalue weighted by Crippen LogP contribution is 2.33. The van der Waals surface area contributed by atoms with Gasteiger partial charge in [0.05, 0.1) is 0 Å². The third-order valence-corrected chi connectivity index (χ3v) is 6.63. The molecule has 3 aliphatic heterocycles. The number of aromatic nitrogens is 2. The highest BCUT2D eigenvalue weighted by atomic mass is 16.2. The van der Waals surface area contributed by atoms with Gasteiger partial charge in [-0.1, -0.05) is 12.1 Å². The number of amides is 3. The number of carbonyl (C=O) groups excluding carboxylic acids is 3. The Balaban J connectivity index is 1.24. The number of nitrogens with zero attached hydrogens (tertiary/aromatic N) is 4. The largest absolute Gasteiger partial charge is 0.322 e. The molecule has 4 heterocycles. The lowest BCUT2D eigenvalue weighted by Crippen LogP contribution is -2.52. The molecule has 3 aliphatic rings. The van der Waals surface area contributed by atoms with Gasteiger partial charge in [0.2, 0.25) is 11.8 Å². The number of piperidine rings is 2. The maximum atomic E-state index is 12.9. The van der Waals surface area contributed by atoms with Crippen molar-refractivity contribution in [1.82, 2.24) is 25.1 Å². The second-order valence-electron chi connectivity index (χ2n) is 8.61. The Morgan fingerprint density at radius 2 is 1.81 bits per heavy atom. The van der Waals surface area contributed by atoms with E-state index >= 15 is 0 Å². The summed E-state index contributed by atoms with van der Waals surface area (Å²) in [5, 5.41) is 2.35. The summed E-state index contributed by atoms with van der Waals surface area (Å²) in [7, 11) is 0. The van der Waals surface area contributed by atoms with E-state index in [2.05, 4.69) is 32.3 Å². The number of hydrogen-bond acceptors (Lipinski definition) is 6. The molecule has 0 radical (unpaired) electrons. The number of hydrogen-bond donors (Lipinski definition) is 1. The molecule has 8 heteroatoms. The first-order chi connectivity index (χ1) is 15.1. The summed E-state index contributed by atoms with van der Waals surface area (Å²) in [6.45, 7) is 3.32. The fraction of sp³-hybridized carbons (Fsp3) is 0.435. The molecule has 0 saturated carbocycles. The van der Waals surface area contributed by atoms with Gasteiger partial charge >= 0.3 is 0 Å². The van der Waals surface area contributed by atoms with Gasteiger partial charge in [-0.2, -0.15) is 0 Å². The lowest BCUT2D eigenvalue weighted by Gasteiger charge is -2.32. The van der Waals surface area contributed by atoms with Gasteiger partial charge < -0.3 is 4.90 Å². The second kappa shape index (κ2) is 8.19. The Kier molecular flexibility index (Phi) is 5.23. The average molecular weight is 419 g/mol. The monoisotopic (exact) mass is 419 g/mol. The zero-order valence-electron chi connectivity index (χ0n) is 17.3. The molecule has 160 valence electrons. The van der Waals surface area contributed by atoms with E-state index in [-0.39, 0.29) is 24.1 Å². The fourth-order valence-electron chi connectivity index (χ4n) is 4.94. The minimum Gasteiger partial charge on any atom is -0.322 e. The third-order valence-electron chi connectivity index (χ3n) is 6.63. The summed E-state index contributed by atoms with van der Waals surface area (Å²) in [5.41, 5.74) is 4.05. The van der Waals surface area contributed by atoms with Crippen LogP contribution in [0.1, 0.15) is 58.6 Å². The number of carbonyl (C=O) groups is 3. The molecule has 1 atom stereocenters. The molecule has 3 amide bonds. The summed E-state index contributed by atoms with van der Waals surface area (Å²) < 4.78 is 0. The van der Waals surface area contributed by atoms with E-state index in [9.17, 15) is 14.4 Å². The first-order valence-electron chi connectivity index (χ1n) is 10.8. The number of benzene rings is 1. The molecule has 2 fully saturated rings. The smallest absolute Gasteiger partial charge is 0.255 e. The minimum atomic E-state index is -0.564. The predicted molar refractivity (Wildman–Crippen MR) is 112 cm³/mol. The summed E-state index contributed by atoms with van der Waals surface area (Å²) in [6, 6.07) is 5.55. The van der Waals surface area contributed by atoms with Crippen LogP contribution in [-0.2, 0) is 22.7 Å². The molecule has 31 heavy (non-hydrogen) atoms. The van der Waals surface area contributed by atoms with Crippen molar-refractivity contribution in [3.8, 4) is 0 Å². The van der Waals surface area contributed by atoms with Crippen molar-refractivity contribution in [2.24, 2.45) is 0 Å². The van der Waals surface area contributed by atoms with Crippen LogP contribution in [0.5, 0.6) is 0 Å². The Bertz CT molecular complexity index is 1020. The highest BCUT2D eigenvalue weighted by Gasteiger charge is 2.39. The fourth-order valence-corrected chi connectivity index (χ4v) is 4.94. The molecule has 2 saturated heterocycles. The van der Waals surface area contributed by atoms with Crippen molar-refractivity contribution in [3.63, 3.8) is 0 Å². The van der Waals surface area contributed by atoms with Crippen molar-refractivity contribution in [2.45, 2.75) is 50.7 Å². The number of likely N-dealkylation sites (tertiary alicyclic amines) is 1. The number of nitrogens with one attached hydrogen (secondary N) is 1. The molecule has 8 nitrogen and oxygen atoms in total. The van der Waals surface area contributed by atoms with Gasteiger partial charge in [0.15, 0.2) is 0 Å². The van der Waals surface area contributed by atoms with E-state index in [4.69, 9.17) is 0 Å². The molecule has 1 unspecified atom stereocenters. The summed E-state index contributed by atoms with van der Waals surface area (Å²) >= 11 is 0. The van der Waals surface area contributed by atoms with Crippen LogP contribution in [0.2, 0.25) is 0 Å². The first kappa shape index (κ1) is 19.8. The molecular formula is C23H25N5O3. The molecule has 0 spiro atoms. The first-order valence-corrected chi connectivity index (χ1v) is 10.8. The van der Waals surface area contributed by atoms with Crippen molar-refractivity contribution in [2.75, 3.05) is 13.1 Å². The molecule has 1 N–H and O–H groups in total. The van der Waals surface area contributed by atoms with E-state index in [0.717, 1.165) is 43.6 Å². The predicted octanol–water partition coefficient (Wildman–Crippen LogP) is 1.62. The van der Waals surface area contributed by atoms with Crippen molar-refractivity contribution in [1.29, 1.82) is 0 Å². The minimum absolute atomic E-state index is 0.115. The van der Waals surface area contributed by atoms with Crippen LogP contribution in [-0.4, -0.2) is 56.6 Å². The van der Waals surface area contributed by atoms with Crippen LogP contribution in [0.3, 0.4) is 0 Å². The van der Waals surface area contributed by atoms with E-state index in [1.807, 2.05) is 18.5 Å². The van der Waals surface area contributed by atoms with Crippen LogP contribution >= 0.6 is 0 Å². The van der Waals surface area contributed by atoms with Gasteiger partial charge in [0.1, 0.15) is 12.4 Å². The van der Waals surface area contributed by atoms with Crippen molar-refractivity contribution in [3.05, 3.63) is 59.2 Å². The Labute approximate surface area is 180 Å². The molecule has 2 aromatic rings. The number of fused-ring (bicyclic) bond motifs is 1. The number of rotatable bonds is 4. The number of imide groups is 1. The third kappa shape index (κ3) is 3.95. The molecule has 0 aliphatic carbocycles. The van der Waals surface area contributed by atoms with Crippen molar-refractivity contribution < 1.29 is 14.4 Å². The maximum absolute atomic E-state index is 12.9. The van der Waals surface area contributed by atoms with Gasteiger partial charge in [0, 0.05) is 43.0 Å². The van der Waals surface area contributed by atoms with E-state index in [1.54, 1.807) is 11.2 Å². The highest BCUT2D eigenvalue weighted by molar-refractivity contribution is 6.05. The zero-order chi connectivity index (χ0) is 21.4. The summed E-state index contributed by atoms with van der Waals surface area (Å²) in [5.74, 6) is -0.281. The summed E-state index contributed by atoms with van der Waals surface area (Å²) in [4.78, 5) is 48.7. The van der Waals surface area contributed by atoms with Crippen LogP contribution in [0, 0.1) is 0 Å². The van der Waals surface area contributed by atoms with E-state index in [1.165, 1.54) is 5.56 Å². The summed E-state index contributed by atoms with van der Waals surface area (Å²) in [6.07, 6.45) is 8.08. The van der Waals surface area contributed by atoms with Crippen LogP contribution in [0.4, 0.5) is 0 Å². The van der Waals surface area contributed by atoms with Gasteiger partial charge in [-0.15, -0.1) is 0 Å². The SMILES string of the molecule is O=C1CCC(N2Cc3cc(C4CCN(Cc5cncnc5)CC4)ccc3C2=O)C(=O)N1. The maximum Gasteiger partial charge on any atom is 0.255 e. The standard InChI is InChI=1S/C23H25N5O3/c29-21-4-3-20(22(30)26-21)28-13-18-9-17(1-2-19(18)23(28)31)16-5-7-27(8-6-16)12-15-10-24-14-25-11-15/h1-2,9-11,14,16,20H,3-8,12-13H2,(H,26,29,30). The van der Waals surface area contributed by atoms with Gasteiger partial charge in [-0.3, -0.25) is 24.6 Å². The van der Waals surface area contributed by atoms with E-state index < -0.39 is 6.04 Å². The Morgan fingerprint density at radius 1 is 1.03 bits per heavy atom. The average Bonchev–Trinajstić information content (AvgIpc) is 3.10. The van der Waals surface area contributed by atoms with Crippen LogP contribution in [0.15, 0.2) is 36.9 Å². The Hall–Kier alpha value is -3.13. The normalized spacial score (nSPS) is 22.5. The van der Waals surface area contributed by atoms with Gasteiger partial charge in [0.25, 0.3) is 5.91 Å². The van der Waals surface area contributed by atoms with Crippen LogP contribution < -0.4 is 5.32 Å². The van der Waals surface area contributed by atoms with Gasteiger partial charge in [-0.25, -0.2) is 9.97 Å². The molecule has 5 rings (SSSR count). The van der Waals surface area contributed by atoms with Gasteiger partial charge in [-0.05, 0) is 55.5 Å². The molecular weight excluding hydrogens is 394 g/mol. The lowest BCUT2D eigenvalue weighted by molar-refractivity contribution is -0.136. The Morgan fingerprint density at radius 3 is 2.55 bits per heavy atom. The molecule has 0 bridgehead atoms.